The van der Waals surface area contributed by atoms with Crippen molar-refractivity contribution >= 4 is 17.7 Å². The lowest BCUT2D eigenvalue weighted by atomic mass is 10.1. The van der Waals surface area contributed by atoms with E-state index in [2.05, 4.69) is 4.99 Å². The molecule has 0 aliphatic carbocycles. The van der Waals surface area contributed by atoms with E-state index >= 15 is 0 Å². The predicted molar refractivity (Wildman–Crippen MR) is 61.4 cm³/mol. The van der Waals surface area contributed by atoms with Crippen LogP contribution in [-0.2, 0) is 4.79 Å². The minimum Gasteiger partial charge on any atom is -0.504 e. The lowest BCUT2D eigenvalue weighted by Crippen LogP contribution is -2.29. The molecule has 0 saturated heterocycles. The average Bonchev–Trinajstić information content (AvgIpc) is 2.37. The van der Waals surface area contributed by atoms with Gasteiger partial charge in [0.05, 0.1) is 11.3 Å². The maximum atomic E-state index is 12.3. The van der Waals surface area contributed by atoms with Crippen molar-refractivity contribution in [3.63, 3.8) is 0 Å². The number of carbonyl (C=O) groups excluding carboxylic acids is 1. The van der Waals surface area contributed by atoms with Crippen LogP contribution in [0.15, 0.2) is 46.7 Å². The quantitative estimate of drug-likeness (QED) is 0.398. The van der Waals surface area contributed by atoms with E-state index in [-0.39, 0.29) is 11.9 Å². The number of ketones is 1. The van der Waals surface area contributed by atoms with Crippen molar-refractivity contribution in [2.45, 2.75) is 12.4 Å². The Morgan fingerprint density at radius 1 is 1.00 bits per heavy atom. The van der Waals surface area contributed by atoms with Crippen LogP contribution in [-0.4, -0.2) is 29.5 Å². The van der Waals surface area contributed by atoms with Gasteiger partial charge in [-0.3, -0.25) is 9.79 Å². The van der Waals surface area contributed by atoms with Gasteiger partial charge < -0.3 is 5.11 Å². The number of rotatable bonds is 3. The summed E-state index contributed by atoms with van der Waals surface area (Å²) in [7, 11) is 0. The van der Waals surface area contributed by atoms with Crippen molar-refractivity contribution in [1.82, 2.24) is 0 Å². The molecule has 1 N–H and O–H groups in total. The van der Waals surface area contributed by atoms with E-state index in [1.165, 1.54) is 24.3 Å². The van der Waals surface area contributed by atoms with E-state index in [4.69, 9.17) is 5.11 Å². The molecule has 9 heteroatoms. The second-order valence-corrected chi connectivity index (χ2v) is 3.68. The molecule has 0 fully saturated rings. The average molecular weight is 311 g/mol. The summed E-state index contributed by atoms with van der Waals surface area (Å²) >= 11 is 0. The summed E-state index contributed by atoms with van der Waals surface area (Å²) in [5.41, 5.74) is -1.96. The summed E-state index contributed by atoms with van der Waals surface area (Å²) in [6.45, 7) is 0. The van der Waals surface area contributed by atoms with E-state index in [9.17, 15) is 31.1 Å². The molecule has 0 aromatic heterocycles. The van der Waals surface area contributed by atoms with Crippen LogP contribution in [0.1, 0.15) is 0 Å². The molecule has 0 bridgehead atoms. The van der Waals surface area contributed by atoms with Crippen LogP contribution in [0.3, 0.4) is 0 Å². The Balaban J connectivity index is 3.28. The Morgan fingerprint density at radius 3 is 1.95 bits per heavy atom. The van der Waals surface area contributed by atoms with Gasteiger partial charge in [-0.25, -0.2) is 0 Å². The Morgan fingerprint density at radius 2 is 1.52 bits per heavy atom. The first-order chi connectivity index (χ1) is 9.53. The van der Waals surface area contributed by atoms with E-state index < -0.39 is 29.5 Å². The first-order valence-electron chi connectivity index (χ1n) is 5.24. The lowest BCUT2D eigenvalue weighted by Gasteiger charge is -2.10. The molecular weight excluding hydrogens is 304 g/mol. The molecule has 0 amide bonds. The van der Waals surface area contributed by atoms with Gasteiger partial charge in [-0.2, -0.15) is 26.3 Å². The monoisotopic (exact) mass is 311 g/mol. The molecule has 0 heterocycles. The van der Waals surface area contributed by atoms with Gasteiger partial charge in [0, 0.05) is 6.21 Å². The van der Waals surface area contributed by atoms with Crippen LogP contribution < -0.4 is 0 Å². The number of halogens is 6. The molecule has 1 aromatic rings. The van der Waals surface area contributed by atoms with Crippen LogP contribution in [0.4, 0.5) is 32.0 Å². The highest BCUT2D eigenvalue weighted by Gasteiger charge is 2.46. The SMILES string of the molecule is O=C(/C(C=Nc1ccccc1)=C(/O)C(F)(F)F)C(F)(F)F. The van der Waals surface area contributed by atoms with Gasteiger partial charge in [-0.05, 0) is 12.1 Å². The number of hydrogen-bond acceptors (Lipinski definition) is 3. The van der Waals surface area contributed by atoms with Crippen molar-refractivity contribution in [3.05, 3.63) is 41.7 Å². The fraction of sp³-hybridized carbons (Fsp3) is 0.167. The number of aliphatic hydroxyl groups excluding tert-OH is 1. The third-order valence-electron chi connectivity index (χ3n) is 2.12. The fourth-order valence-corrected chi connectivity index (χ4v) is 1.19. The molecule has 3 nitrogen and oxygen atoms in total. The number of aliphatic hydroxyl groups is 1. The molecule has 1 rings (SSSR count). The molecule has 0 unspecified atom stereocenters. The summed E-state index contributed by atoms with van der Waals surface area (Å²) in [6.07, 6.45) is -11.0. The Labute approximate surface area is 114 Å². The van der Waals surface area contributed by atoms with E-state index in [0.29, 0.717) is 0 Å². The molecule has 0 spiro atoms. The van der Waals surface area contributed by atoms with Gasteiger partial charge in [0.25, 0.3) is 5.78 Å². The highest BCUT2D eigenvalue weighted by atomic mass is 19.4. The third kappa shape index (κ3) is 4.62. The largest absolute Gasteiger partial charge is 0.504 e. The summed E-state index contributed by atoms with van der Waals surface area (Å²) < 4.78 is 73.6. The second kappa shape index (κ2) is 5.98. The Kier molecular flexibility index (Phi) is 4.77. The summed E-state index contributed by atoms with van der Waals surface area (Å²) in [5, 5.41) is 8.80. The van der Waals surface area contributed by atoms with Crippen molar-refractivity contribution < 1.29 is 36.2 Å². The van der Waals surface area contributed by atoms with Gasteiger partial charge in [-0.15, -0.1) is 0 Å². The molecule has 114 valence electrons. The van der Waals surface area contributed by atoms with Crippen molar-refractivity contribution in [2.75, 3.05) is 0 Å². The minimum atomic E-state index is -5.57. The van der Waals surface area contributed by atoms with Crippen LogP contribution in [0.2, 0.25) is 0 Å². The van der Waals surface area contributed by atoms with E-state index in [1.807, 2.05) is 0 Å². The molecule has 0 saturated carbocycles. The smallest absolute Gasteiger partial charge is 0.455 e. The minimum absolute atomic E-state index is 0.0138. The number of nitrogens with zero attached hydrogens (tertiary/aromatic N) is 1. The number of hydrogen-bond donors (Lipinski definition) is 1. The number of benzene rings is 1. The van der Waals surface area contributed by atoms with Crippen LogP contribution in [0.5, 0.6) is 0 Å². The topological polar surface area (TPSA) is 49.7 Å². The highest BCUT2D eigenvalue weighted by molar-refractivity contribution is 6.16. The number of aliphatic imine (C=N–C) groups is 1. The van der Waals surface area contributed by atoms with Crippen LogP contribution in [0, 0.1) is 0 Å². The molecule has 0 aliphatic rings. The van der Waals surface area contributed by atoms with Crippen LogP contribution in [0.25, 0.3) is 0 Å². The van der Waals surface area contributed by atoms with Crippen molar-refractivity contribution in [3.8, 4) is 0 Å². The number of carbonyl (C=O) groups is 1. The normalized spacial score (nSPS) is 14.2. The molecule has 0 atom stereocenters. The van der Waals surface area contributed by atoms with Crippen molar-refractivity contribution in [2.24, 2.45) is 4.99 Å². The first-order valence-corrected chi connectivity index (χ1v) is 5.24. The van der Waals surface area contributed by atoms with Crippen LogP contribution >= 0.6 is 0 Å². The van der Waals surface area contributed by atoms with Crippen molar-refractivity contribution in [1.29, 1.82) is 0 Å². The highest BCUT2D eigenvalue weighted by Crippen LogP contribution is 2.29. The van der Waals surface area contributed by atoms with Gasteiger partial charge in [-0.1, -0.05) is 18.2 Å². The molecule has 0 aliphatic heterocycles. The first kappa shape index (κ1) is 16.7. The maximum Gasteiger partial charge on any atom is 0.455 e. The Hall–Kier alpha value is -2.32. The number of alkyl halides is 6. The third-order valence-corrected chi connectivity index (χ3v) is 2.12. The molecule has 1 aromatic carbocycles. The van der Waals surface area contributed by atoms with Gasteiger partial charge in [0.2, 0.25) is 5.76 Å². The number of allylic oxidation sites excluding steroid dienone is 2. The lowest BCUT2D eigenvalue weighted by molar-refractivity contribution is -0.167. The zero-order valence-electron chi connectivity index (χ0n) is 10.0. The van der Waals surface area contributed by atoms with E-state index in [1.54, 1.807) is 6.07 Å². The molecule has 21 heavy (non-hydrogen) atoms. The number of Topliss-reactive ketones (excluding diaryl/α,β-unsaturated/α-hetero) is 1. The van der Waals surface area contributed by atoms with Gasteiger partial charge in [0.1, 0.15) is 0 Å². The van der Waals surface area contributed by atoms with Gasteiger partial charge in [0.15, 0.2) is 0 Å². The zero-order chi connectivity index (χ0) is 16.3. The zero-order valence-corrected chi connectivity index (χ0v) is 10.0. The number of para-hydroxylation sites is 1. The van der Waals surface area contributed by atoms with Gasteiger partial charge >= 0.3 is 12.4 Å². The Bertz CT molecular complexity index is 572. The molecule has 0 radical (unpaired) electrons. The standard InChI is InChI=1S/C12H7F6NO2/c13-11(14,15)9(20)8(10(21)12(16,17)18)6-19-7-4-2-1-3-5-7/h1-6,20H/b9-8+,19-6?. The summed E-state index contributed by atoms with van der Waals surface area (Å²) in [5.74, 6) is -5.48. The second-order valence-electron chi connectivity index (χ2n) is 3.68. The predicted octanol–water partition coefficient (Wildman–Crippen LogP) is 3.89. The fourth-order valence-electron chi connectivity index (χ4n) is 1.19. The summed E-state index contributed by atoms with van der Waals surface area (Å²) in [6, 6.07) is 6.99. The maximum absolute atomic E-state index is 12.3. The molecular formula is C12H7F6NO2. The summed E-state index contributed by atoms with van der Waals surface area (Å²) in [4.78, 5) is 14.3. The van der Waals surface area contributed by atoms with E-state index in [0.717, 1.165) is 0 Å².